The van der Waals surface area contributed by atoms with E-state index in [2.05, 4.69) is 10.3 Å². The monoisotopic (exact) mass is 359 g/mol. The quantitative estimate of drug-likeness (QED) is 0.779. The number of carbonyl (C=O) groups is 1. The number of aryl methyl sites for hydroxylation is 2. The van der Waals surface area contributed by atoms with Crippen LogP contribution in [0.15, 0.2) is 29.1 Å². The van der Waals surface area contributed by atoms with Gasteiger partial charge >= 0.3 is 0 Å². The fourth-order valence-corrected chi connectivity index (χ4v) is 3.74. The first-order valence-electron chi connectivity index (χ1n) is 7.96. The van der Waals surface area contributed by atoms with Crippen LogP contribution < -0.4 is 10.9 Å². The van der Waals surface area contributed by atoms with Gasteiger partial charge in [-0.3, -0.25) is 9.59 Å². The maximum absolute atomic E-state index is 13.5. The molecule has 0 radical (unpaired) electrons. The summed E-state index contributed by atoms with van der Waals surface area (Å²) in [7, 11) is 0. The number of carbonyl (C=O) groups excluding carboxylic acids is 1. The number of benzene rings is 1. The number of halogens is 1. The van der Waals surface area contributed by atoms with Crippen molar-refractivity contribution in [3.63, 3.8) is 0 Å². The number of hydrogen-bond acceptors (Lipinski definition) is 4. The highest BCUT2D eigenvalue weighted by Gasteiger charge is 2.19. The van der Waals surface area contributed by atoms with Crippen LogP contribution in [-0.2, 0) is 6.42 Å². The van der Waals surface area contributed by atoms with Crippen molar-refractivity contribution in [3.05, 3.63) is 67.8 Å². The summed E-state index contributed by atoms with van der Waals surface area (Å²) >= 11 is 1.30. The molecule has 0 bridgehead atoms. The molecule has 0 spiro atoms. The van der Waals surface area contributed by atoms with Crippen LogP contribution in [0.5, 0.6) is 0 Å². The van der Waals surface area contributed by atoms with Crippen molar-refractivity contribution in [2.75, 3.05) is 6.54 Å². The minimum atomic E-state index is -0.316. The first kappa shape index (κ1) is 17.3. The smallest absolute Gasteiger partial charge is 0.269 e. The summed E-state index contributed by atoms with van der Waals surface area (Å²) in [6.45, 7) is 5.99. The summed E-state index contributed by atoms with van der Waals surface area (Å²) in [5.41, 5.74) is 2.30. The molecule has 0 fully saturated rings. The Labute approximate surface area is 148 Å². The van der Waals surface area contributed by atoms with E-state index in [0.29, 0.717) is 29.3 Å². The van der Waals surface area contributed by atoms with E-state index in [0.717, 1.165) is 16.0 Å². The van der Waals surface area contributed by atoms with Crippen molar-refractivity contribution in [1.82, 2.24) is 14.7 Å². The second-order valence-electron chi connectivity index (χ2n) is 5.82. The first-order chi connectivity index (χ1) is 11.9. The van der Waals surface area contributed by atoms with Gasteiger partial charge in [0.2, 0.25) is 0 Å². The second-order valence-corrected chi connectivity index (χ2v) is 7.00. The molecule has 0 aliphatic heterocycles. The van der Waals surface area contributed by atoms with Crippen molar-refractivity contribution in [3.8, 4) is 0 Å². The Morgan fingerprint density at radius 3 is 2.80 bits per heavy atom. The Morgan fingerprint density at radius 1 is 1.32 bits per heavy atom. The molecule has 0 unspecified atom stereocenters. The van der Waals surface area contributed by atoms with Gasteiger partial charge in [0.15, 0.2) is 4.96 Å². The maximum Gasteiger partial charge on any atom is 0.269 e. The molecule has 3 rings (SSSR count). The molecule has 2 heterocycles. The maximum atomic E-state index is 13.5. The molecule has 0 aliphatic rings. The summed E-state index contributed by atoms with van der Waals surface area (Å²) in [4.78, 5) is 30.5. The standard InChI is InChI=1S/C18H18FN3O2S/c1-4-20-17(24)16-11(3)25-18-21-14(9-15(23)22(16)18)8-12-7-13(19)6-5-10(12)2/h5-7,9H,4,8H2,1-3H3,(H,20,24). The van der Waals surface area contributed by atoms with E-state index in [4.69, 9.17) is 0 Å². The predicted molar refractivity (Wildman–Crippen MR) is 96.0 cm³/mol. The highest BCUT2D eigenvalue weighted by atomic mass is 32.1. The van der Waals surface area contributed by atoms with E-state index in [9.17, 15) is 14.0 Å². The van der Waals surface area contributed by atoms with E-state index in [1.54, 1.807) is 13.0 Å². The zero-order chi connectivity index (χ0) is 18.1. The van der Waals surface area contributed by atoms with Gasteiger partial charge in [-0.15, -0.1) is 11.3 Å². The van der Waals surface area contributed by atoms with E-state index in [-0.39, 0.29) is 17.3 Å². The van der Waals surface area contributed by atoms with Crippen LogP contribution >= 0.6 is 11.3 Å². The highest BCUT2D eigenvalue weighted by molar-refractivity contribution is 7.17. The Morgan fingerprint density at radius 2 is 2.08 bits per heavy atom. The third-order valence-electron chi connectivity index (χ3n) is 3.98. The minimum absolute atomic E-state index is 0.288. The number of fused-ring (bicyclic) bond motifs is 1. The Bertz CT molecular complexity index is 1020. The highest BCUT2D eigenvalue weighted by Crippen LogP contribution is 2.21. The molecule has 0 atom stereocenters. The normalized spacial score (nSPS) is 11.0. The zero-order valence-corrected chi connectivity index (χ0v) is 15.0. The van der Waals surface area contributed by atoms with Gasteiger partial charge in [0.25, 0.3) is 11.5 Å². The number of rotatable bonds is 4. The molecule has 0 saturated heterocycles. The number of nitrogens with zero attached hydrogens (tertiary/aromatic N) is 2. The number of thiazole rings is 1. The molecule has 130 valence electrons. The van der Waals surface area contributed by atoms with Crippen molar-refractivity contribution in [1.29, 1.82) is 0 Å². The lowest BCUT2D eigenvalue weighted by Gasteiger charge is -2.07. The fraction of sp³-hybridized carbons (Fsp3) is 0.278. The molecule has 0 saturated carbocycles. The van der Waals surface area contributed by atoms with E-state index >= 15 is 0 Å². The third-order valence-corrected chi connectivity index (χ3v) is 4.93. The molecule has 0 aliphatic carbocycles. The van der Waals surface area contributed by atoms with Crippen LogP contribution in [-0.4, -0.2) is 21.8 Å². The Balaban J connectivity index is 2.07. The lowest BCUT2D eigenvalue weighted by Crippen LogP contribution is -2.28. The first-order valence-corrected chi connectivity index (χ1v) is 8.77. The number of aromatic nitrogens is 2. The summed E-state index contributed by atoms with van der Waals surface area (Å²) in [5, 5.41) is 2.71. The van der Waals surface area contributed by atoms with Gasteiger partial charge in [-0.2, -0.15) is 0 Å². The second kappa shape index (κ2) is 6.76. The third kappa shape index (κ3) is 3.32. The molecule has 2 aromatic heterocycles. The largest absolute Gasteiger partial charge is 0.351 e. The molecule has 25 heavy (non-hydrogen) atoms. The van der Waals surface area contributed by atoms with Crippen molar-refractivity contribution >= 4 is 22.2 Å². The summed E-state index contributed by atoms with van der Waals surface area (Å²) in [6.07, 6.45) is 0.364. The van der Waals surface area contributed by atoms with Gasteiger partial charge in [-0.05, 0) is 44.0 Å². The van der Waals surface area contributed by atoms with Crippen LogP contribution in [0.1, 0.15) is 39.1 Å². The van der Waals surface area contributed by atoms with Gasteiger partial charge in [-0.25, -0.2) is 13.8 Å². The topological polar surface area (TPSA) is 63.5 Å². The molecular formula is C18H18FN3O2S. The number of hydrogen-bond donors (Lipinski definition) is 1. The van der Waals surface area contributed by atoms with Gasteiger partial charge < -0.3 is 5.32 Å². The molecule has 3 aromatic rings. The zero-order valence-electron chi connectivity index (χ0n) is 14.2. The molecule has 1 aromatic carbocycles. The fourth-order valence-electron chi connectivity index (χ4n) is 2.75. The van der Waals surface area contributed by atoms with Crippen LogP contribution in [0.2, 0.25) is 0 Å². The molecule has 5 nitrogen and oxygen atoms in total. The van der Waals surface area contributed by atoms with Crippen molar-refractivity contribution < 1.29 is 9.18 Å². The van der Waals surface area contributed by atoms with Gasteiger partial charge in [-0.1, -0.05) is 6.07 Å². The summed E-state index contributed by atoms with van der Waals surface area (Å²) in [6, 6.07) is 5.98. The number of nitrogens with one attached hydrogen (secondary N) is 1. The lowest BCUT2D eigenvalue weighted by molar-refractivity contribution is 0.0949. The molecular weight excluding hydrogens is 341 g/mol. The van der Waals surface area contributed by atoms with E-state index in [1.807, 2.05) is 13.8 Å². The Kier molecular flexibility index (Phi) is 4.67. The SMILES string of the molecule is CCNC(=O)c1c(C)sc2nc(Cc3cc(F)ccc3C)cc(=O)n12. The lowest BCUT2D eigenvalue weighted by atomic mass is 10.0. The average Bonchev–Trinajstić information content (AvgIpc) is 2.87. The Hall–Kier alpha value is -2.54. The molecule has 1 N–H and O–H groups in total. The van der Waals surface area contributed by atoms with E-state index in [1.165, 1.54) is 33.9 Å². The van der Waals surface area contributed by atoms with Crippen LogP contribution in [0.4, 0.5) is 4.39 Å². The minimum Gasteiger partial charge on any atom is -0.351 e. The molecule has 7 heteroatoms. The van der Waals surface area contributed by atoms with Gasteiger partial charge in [0, 0.05) is 23.9 Å². The molecule has 1 amide bonds. The summed E-state index contributed by atoms with van der Waals surface area (Å²) in [5.74, 6) is -0.604. The van der Waals surface area contributed by atoms with Crippen molar-refractivity contribution in [2.24, 2.45) is 0 Å². The van der Waals surface area contributed by atoms with Gasteiger partial charge in [0.05, 0.1) is 5.69 Å². The van der Waals surface area contributed by atoms with Crippen LogP contribution in [0, 0.1) is 19.7 Å². The predicted octanol–water partition coefficient (Wildman–Crippen LogP) is 2.85. The number of amides is 1. The van der Waals surface area contributed by atoms with Gasteiger partial charge in [0.1, 0.15) is 11.5 Å². The average molecular weight is 359 g/mol. The van der Waals surface area contributed by atoms with E-state index < -0.39 is 0 Å². The van der Waals surface area contributed by atoms with Crippen LogP contribution in [0.25, 0.3) is 4.96 Å². The summed E-state index contributed by atoms with van der Waals surface area (Å²) < 4.78 is 14.8. The van der Waals surface area contributed by atoms with Crippen LogP contribution in [0.3, 0.4) is 0 Å². The van der Waals surface area contributed by atoms with Crippen molar-refractivity contribution in [2.45, 2.75) is 27.2 Å².